The van der Waals surface area contributed by atoms with Crippen LogP contribution in [0.15, 0.2) is 24.3 Å². The summed E-state index contributed by atoms with van der Waals surface area (Å²) in [4.78, 5) is 13.6. The third-order valence-corrected chi connectivity index (χ3v) is 4.48. The first-order valence-corrected chi connectivity index (χ1v) is 7.83. The summed E-state index contributed by atoms with van der Waals surface area (Å²) in [5, 5.41) is 20.6. The van der Waals surface area contributed by atoms with Gasteiger partial charge in [0.1, 0.15) is 5.82 Å². The number of hydrogen-bond acceptors (Lipinski definition) is 6. The van der Waals surface area contributed by atoms with E-state index in [-0.39, 0.29) is 12.2 Å². The fourth-order valence-electron chi connectivity index (χ4n) is 3.29. The molecule has 1 aromatic carbocycles. The number of nitrogens with zero attached hydrogens (tertiary/aromatic N) is 4. The molecule has 0 amide bonds. The van der Waals surface area contributed by atoms with Crippen molar-refractivity contribution in [3.05, 3.63) is 24.3 Å². The fraction of sp³-hybridized carbons (Fsp3) is 0.500. The predicted octanol–water partition coefficient (Wildman–Crippen LogP) is 0.772. The summed E-state index contributed by atoms with van der Waals surface area (Å²) in [6.45, 7) is 2.79. The lowest BCUT2D eigenvalue weighted by Crippen LogP contribution is -2.26. The molecule has 116 valence electrons. The number of benzene rings is 1. The number of rotatable bonds is 2. The zero-order valence-corrected chi connectivity index (χ0v) is 12.4. The highest BCUT2D eigenvalue weighted by atomic mass is 16.3. The first-order valence-electron chi connectivity index (χ1n) is 7.83. The van der Waals surface area contributed by atoms with Crippen LogP contribution in [0.2, 0.25) is 0 Å². The Kier molecular flexibility index (Phi) is 3.35. The van der Waals surface area contributed by atoms with Crippen LogP contribution in [0.4, 0.5) is 11.8 Å². The molecule has 0 radical (unpaired) electrons. The van der Waals surface area contributed by atoms with E-state index in [9.17, 15) is 10.2 Å². The van der Waals surface area contributed by atoms with Gasteiger partial charge in [0.15, 0.2) is 0 Å². The molecule has 4 rings (SSSR count). The van der Waals surface area contributed by atoms with Crippen LogP contribution < -0.4 is 9.80 Å². The number of fused-ring (bicyclic) bond motifs is 1. The van der Waals surface area contributed by atoms with Crippen LogP contribution in [0.5, 0.6) is 0 Å². The molecule has 0 saturated carbocycles. The van der Waals surface area contributed by atoms with Crippen LogP contribution in [0.25, 0.3) is 10.9 Å². The van der Waals surface area contributed by atoms with Crippen LogP contribution in [-0.2, 0) is 0 Å². The average molecular weight is 300 g/mol. The summed E-state index contributed by atoms with van der Waals surface area (Å²) in [6.07, 6.45) is 0.947. The topological polar surface area (TPSA) is 72.7 Å². The maximum atomic E-state index is 9.82. The molecular weight excluding hydrogens is 280 g/mol. The molecule has 2 aliphatic rings. The molecule has 1 aromatic heterocycles. The van der Waals surface area contributed by atoms with Crippen molar-refractivity contribution in [3.63, 3.8) is 0 Å². The Bertz CT molecular complexity index is 693. The van der Waals surface area contributed by atoms with E-state index in [1.54, 1.807) is 0 Å². The van der Waals surface area contributed by atoms with Crippen molar-refractivity contribution in [2.75, 3.05) is 36.0 Å². The number of aliphatic hydroxyl groups is 2. The number of β-amino-alcohol motifs (C(OH)–C–C–N with tert-alkyl or cyclic N) is 2. The van der Waals surface area contributed by atoms with E-state index >= 15 is 0 Å². The molecule has 2 saturated heterocycles. The van der Waals surface area contributed by atoms with Gasteiger partial charge in [-0.15, -0.1) is 0 Å². The zero-order chi connectivity index (χ0) is 15.1. The Morgan fingerprint density at radius 1 is 0.909 bits per heavy atom. The number of anilines is 2. The minimum atomic E-state index is -0.299. The van der Waals surface area contributed by atoms with Crippen molar-refractivity contribution in [3.8, 4) is 0 Å². The van der Waals surface area contributed by atoms with Gasteiger partial charge in [0, 0.05) is 31.6 Å². The molecule has 0 unspecified atom stereocenters. The third-order valence-electron chi connectivity index (χ3n) is 4.48. The minimum absolute atomic E-state index is 0.286. The number of aliphatic hydroxyl groups excluding tert-OH is 2. The van der Waals surface area contributed by atoms with E-state index in [4.69, 9.17) is 4.98 Å². The van der Waals surface area contributed by atoms with E-state index in [0.717, 1.165) is 42.7 Å². The lowest BCUT2D eigenvalue weighted by Gasteiger charge is -2.22. The first kappa shape index (κ1) is 13.7. The molecule has 0 aliphatic carbocycles. The summed E-state index contributed by atoms with van der Waals surface area (Å²) in [7, 11) is 0. The van der Waals surface area contributed by atoms with Crippen molar-refractivity contribution < 1.29 is 10.2 Å². The zero-order valence-electron chi connectivity index (χ0n) is 12.4. The molecule has 2 aromatic rings. The summed E-state index contributed by atoms with van der Waals surface area (Å²) in [5.41, 5.74) is 0.908. The van der Waals surface area contributed by atoms with E-state index in [1.165, 1.54) is 0 Å². The van der Waals surface area contributed by atoms with Gasteiger partial charge in [-0.25, -0.2) is 4.98 Å². The van der Waals surface area contributed by atoms with Crippen LogP contribution >= 0.6 is 0 Å². The maximum absolute atomic E-state index is 9.82. The summed E-state index contributed by atoms with van der Waals surface area (Å²) in [5.74, 6) is 1.56. The Labute approximate surface area is 129 Å². The summed E-state index contributed by atoms with van der Waals surface area (Å²) < 4.78 is 0. The van der Waals surface area contributed by atoms with Crippen LogP contribution in [0, 0.1) is 0 Å². The van der Waals surface area contributed by atoms with Gasteiger partial charge < -0.3 is 20.0 Å². The fourth-order valence-corrected chi connectivity index (χ4v) is 3.29. The molecule has 2 fully saturated rings. The molecule has 2 atom stereocenters. The Hall–Kier alpha value is -1.92. The third kappa shape index (κ3) is 2.38. The van der Waals surface area contributed by atoms with Crippen LogP contribution in [0.1, 0.15) is 12.8 Å². The Morgan fingerprint density at radius 2 is 1.59 bits per heavy atom. The van der Waals surface area contributed by atoms with Crippen LogP contribution in [0.3, 0.4) is 0 Å². The first-order chi connectivity index (χ1) is 10.7. The lowest BCUT2D eigenvalue weighted by atomic mass is 10.2. The highest BCUT2D eigenvalue weighted by Crippen LogP contribution is 2.30. The van der Waals surface area contributed by atoms with E-state index in [1.807, 2.05) is 29.2 Å². The normalized spacial score (nSPS) is 25.4. The number of para-hydroxylation sites is 1. The van der Waals surface area contributed by atoms with Gasteiger partial charge in [-0.3, -0.25) is 0 Å². The Balaban J connectivity index is 1.79. The maximum Gasteiger partial charge on any atom is 0.227 e. The van der Waals surface area contributed by atoms with Crippen molar-refractivity contribution in [2.24, 2.45) is 0 Å². The van der Waals surface area contributed by atoms with E-state index in [2.05, 4.69) is 9.88 Å². The molecule has 3 heterocycles. The SMILES string of the molecule is O[C@H]1CCN(c2nc(N3CC[C@H](O)C3)c3ccccc3n2)C1. The predicted molar refractivity (Wildman–Crippen MR) is 85.2 cm³/mol. The number of hydrogen-bond donors (Lipinski definition) is 2. The van der Waals surface area contributed by atoms with Gasteiger partial charge in [-0.2, -0.15) is 4.98 Å². The van der Waals surface area contributed by atoms with Crippen molar-refractivity contribution in [2.45, 2.75) is 25.0 Å². The second kappa shape index (κ2) is 5.37. The van der Waals surface area contributed by atoms with Gasteiger partial charge in [0.05, 0.1) is 17.7 Å². The van der Waals surface area contributed by atoms with Crippen molar-refractivity contribution in [1.82, 2.24) is 9.97 Å². The van der Waals surface area contributed by atoms with E-state index in [0.29, 0.717) is 19.0 Å². The molecule has 0 bridgehead atoms. The minimum Gasteiger partial charge on any atom is -0.391 e. The molecule has 2 N–H and O–H groups in total. The smallest absolute Gasteiger partial charge is 0.227 e. The van der Waals surface area contributed by atoms with Crippen LogP contribution in [-0.4, -0.2) is 58.6 Å². The second-order valence-electron chi connectivity index (χ2n) is 6.14. The average Bonchev–Trinajstić information content (AvgIpc) is 3.15. The van der Waals surface area contributed by atoms with Gasteiger partial charge >= 0.3 is 0 Å². The molecule has 6 heteroatoms. The molecule has 0 spiro atoms. The summed E-state index contributed by atoms with van der Waals surface area (Å²) >= 11 is 0. The molecule has 22 heavy (non-hydrogen) atoms. The van der Waals surface area contributed by atoms with Gasteiger partial charge in [-0.1, -0.05) is 12.1 Å². The highest BCUT2D eigenvalue weighted by molar-refractivity contribution is 5.90. The monoisotopic (exact) mass is 300 g/mol. The highest BCUT2D eigenvalue weighted by Gasteiger charge is 2.27. The summed E-state index contributed by atoms with van der Waals surface area (Å²) in [6, 6.07) is 7.97. The van der Waals surface area contributed by atoms with Gasteiger partial charge in [0.25, 0.3) is 0 Å². The second-order valence-corrected chi connectivity index (χ2v) is 6.14. The molecule has 2 aliphatic heterocycles. The Morgan fingerprint density at radius 3 is 2.27 bits per heavy atom. The number of aromatic nitrogens is 2. The standard InChI is InChI=1S/C16H20N4O2/c21-11-5-7-19(9-11)15-13-3-1-2-4-14(13)17-16(18-15)20-8-6-12(22)10-20/h1-4,11-12,21-22H,5-10H2/t11-,12-/m0/s1. The largest absolute Gasteiger partial charge is 0.391 e. The van der Waals surface area contributed by atoms with Crippen molar-refractivity contribution >= 4 is 22.7 Å². The molecular formula is C16H20N4O2. The lowest BCUT2D eigenvalue weighted by molar-refractivity contribution is 0.198. The van der Waals surface area contributed by atoms with E-state index < -0.39 is 0 Å². The van der Waals surface area contributed by atoms with Gasteiger partial charge in [0.2, 0.25) is 5.95 Å². The molecule has 6 nitrogen and oxygen atoms in total. The quantitative estimate of drug-likeness (QED) is 0.853. The van der Waals surface area contributed by atoms with Crippen molar-refractivity contribution in [1.29, 1.82) is 0 Å². The van der Waals surface area contributed by atoms with Gasteiger partial charge in [-0.05, 0) is 25.0 Å².